The number of piperidine rings is 1. The number of hydrogen-bond donors (Lipinski definition) is 1. The van der Waals surface area contributed by atoms with Crippen LogP contribution >= 0.6 is 0 Å². The fourth-order valence-electron chi connectivity index (χ4n) is 3.43. The first kappa shape index (κ1) is 21.8. The van der Waals surface area contributed by atoms with Gasteiger partial charge in [-0.05, 0) is 48.9 Å². The van der Waals surface area contributed by atoms with Crippen molar-refractivity contribution in [1.82, 2.24) is 10.2 Å². The molecule has 1 unspecified atom stereocenters. The van der Waals surface area contributed by atoms with Crippen molar-refractivity contribution in [3.8, 4) is 5.75 Å². The molecule has 1 N–H and O–H groups in total. The maximum Gasteiger partial charge on any atom is 0.251 e. The Morgan fingerprint density at radius 3 is 2.33 bits per heavy atom. The van der Waals surface area contributed by atoms with Gasteiger partial charge < -0.3 is 19.7 Å². The van der Waals surface area contributed by atoms with Gasteiger partial charge in [0, 0.05) is 38.6 Å². The third-order valence-corrected chi connectivity index (χ3v) is 5.20. The largest absolute Gasteiger partial charge is 0.490 e. The number of nitrogens with zero attached hydrogens (tertiary/aromatic N) is 1. The van der Waals surface area contributed by atoms with Crippen molar-refractivity contribution < 1.29 is 23.5 Å². The summed E-state index contributed by atoms with van der Waals surface area (Å²) >= 11 is 0. The monoisotopic (exact) mass is 414 g/mol. The molecule has 3 rings (SSSR count). The predicted octanol–water partition coefficient (Wildman–Crippen LogP) is 3.33. The van der Waals surface area contributed by atoms with Crippen molar-refractivity contribution in [2.24, 2.45) is 0 Å². The van der Waals surface area contributed by atoms with Gasteiger partial charge in [-0.1, -0.05) is 12.1 Å². The van der Waals surface area contributed by atoms with E-state index in [0.29, 0.717) is 24.4 Å². The average Bonchev–Trinajstić information content (AvgIpc) is 2.75. The SMILES string of the molecule is COCC(=O)N1CCC(Oc2ccc(C(=O)NC(C)c3ccc(F)cc3)cc2)CC1. The van der Waals surface area contributed by atoms with Gasteiger partial charge >= 0.3 is 0 Å². The highest BCUT2D eigenvalue weighted by atomic mass is 19.1. The van der Waals surface area contributed by atoms with Gasteiger partial charge in [0.2, 0.25) is 5.91 Å². The van der Waals surface area contributed by atoms with E-state index in [0.717, 1.165) is 18.4 Å². The number of rotatable bonds is 7. The summed E-state index contributed by atoms with van der Waals surface area (Å²) in [5.74, 6) is 0.185. The second-order valence-corrected chi connectivity index (χ2v) is 7.40. The first-order chi connectivity index (χ1) is 14.5. The zero-order valence-corrected chi connectivity index (χ0v) is 17.3. The van der Waals surface area contributed by atoms with Crippen molar-refractivity contribution in [2.45, 2.75) is 31.9 Å². The van der Waals surface area contributed by atoms with Crippen LogP contribution in [0.5, 0.6) is 5.75 Å². The van der Waals surface area contributed by atoms with E-state index in [1.165, 1.54) is 19.2 Å². The van der Waals surface area contributed by atoms with Crippen LogP contribution in [0.2, 0.25) is 0 Å². The minimum Gasteiger partial charge on any atom is -0.490 e. The van der Waals surface area contributed by atoms with E-state index in [1.807, 2.05) is 6.92 Å². The van der Waals surface area contributed by atoms with Crippen LogP contribution in [0, 0.1) is 5.82 Å². The summed E-state index contributed by atoms with van der Waals surface area (Å²) in [4.78, 5) is 26.1. The third kappa shape index (κ3) is 5.79. The maximum absolute atomic E-state index is 13.0. The highest BCUT2D eigenvalue weighted by molar-refractivity contribution is 5.94. The molecule has 0 radical (unpaired) electrons. The van der Waals surface area contributed by atoms with Crippen LogP contribution in [-0.2, 0) is 9.53 Å². The minimum absolute atomic E-state index is 0.00109. The summed E-state index contributed by atoms with van der Waals surface area (Å²) in [7, 11) is 1.52. The number of benzene rings is 2. The molecule has 0 saturated carbocycles. The lowest BCUT2D eigenvalue weighted by molar-refractivity contribution is -0.136. The lowest BCUT2D eigenvalue weighted by atomic mass is 10.1. The predicted molar refractivity (Wildman–Crippen MR) is 111 cm³/mol. The first-order valence-corrected chi connectivity index (χ1v) is 10.1. The Morgan fingerprint density at radius 1 is 1.10 bits per heavy atom. The Balaban J connectivity index is 1.49. The first-order valence-electron chi connectivity index (χ1n) is 10.1. The van der Waals surface area contributed by atoms with Gasteiger partial charge in [-0.2, -0.15) is 0 Å². The van der Waals surface area contributed by atoms with E-state index in [4.69, 9.17) is 9.47 Å². The van der Waals surface area contributed by atoms with Crippen molar-refractivity contribution in [2.75, 3.05) is 26.8 Å². The summed E-state index contributed by atoms with van der Waals surface area (Å²) in [5.41, 5.74) is 1.36. The molecular weight excluding hydrogens is 387 g/mol. The molecule has 2 aromatic carbocycles. The van der Waals surface area contributed by atoms with Crippen LogP contribution in [-0.4, -0.2) is 49.6 Å². The minimum atomic E-state index is -0.305. The fourth-order valence-corrected chi connectivity index (χ4v) is 3.43. The van der Waals surface area contributed by atoms with Crippen LogP contribution in [0.15, 0.2) is 48.5 Å². The van der Waals surface area contributed by atoms with Crippen molar-refractivity contribution in [3.05, 3.63) is 65.5 Å². The Hall–Kier alpha value is -2.93. The quantitative estimate of drug-likeness (QED) is 0.755. The smallest absolute Gasteiger partial charge is 0.251 e. The molecule has 1 fully saturated rings. The van der Waals surface area contributed by atoms with Crippen molar-refractivity contribution >= 4 is 11.8 Å². The molecule has 2 aromatic rings. The zero-order valence-electron chi connectivity index (χ0n) is 17.3. The van der Waals surface area contributed by atoms with Crippen LogP contribution in [0.25, 0.3) is 0 Å². The summed E-state index contributed by atoms with van der Waals surface area (Å²) in [6.45, 7) is 3.25. The molecule has 1 heterocycles. The van der Waals surface area contributed by atoms with Gasteiger partial charge in [0.05, 0.1) is 6.04 Å². The van der Waals surface area contributed by atoms with Gasteiger partial charge in [-0.15, -0.1) is 0 Å². The van der Waals surface area contributed by atoms with E-state index in [9.17, 15) is 14.0 Å². The standard InChI is InChI=1S/C23H27FN2O4/c1-16(17-3-7-19(24)8-4-17)25-23(28)18-5-9-20(10-6-18)30-21-11-13-26(14-12-21)22(27)15-29-2/h3-10,16,21H,11-15H2,1-2H3,(H,25,28). The number of amides is 2. The molecule has 160 valence electrons. The number of halogens is 1. The summed E-state index contributed by atoms with van der Waals surface area (Å²) in [6, 6.07) is 12.8. The molecule has 1 aliphatic heterocycles. The van der Waals surface area contributed by atoms with Gasteiger partial charge in [0.15, 0.2) is 0 Å². The molecule has 0 aliphatic carbocycles. The van der Waals surface area contributed by atoms with E-state index in [-0.39, 0.29) is 36.4 Å². The molecule has 1 saturated heterocycles. The molecule has 1 aliphatic rings. The second-order valence-electron chi connectivity index (χ2n) is 7.40. The second kappa shape index (κ2) is 10.2. The number of carbonyl (C=O) groups is 2. The van der Waals surface area contributed by atoms with Crippen LogP contribution < -0.4 is 10.1 Å². The highest BCUT2D eigenvalue weighted by Gasteiger charge is 2.23. The lowest BCUT2D eigenvalue weighted by Crippen LogP contribution is -2.43. The van der Waals surface area contributed by atoms with Crippen molar-refractivity contribution in [1.29, 1.82) is 0 Å². The van der Waals surface area contributed by atoms with Crippen LogP contribution in [0.3, 0.4) is 0 Å². The van der Waals surface area contributed by atoms with Gasteiger partial charge in [-0.25, -0.2) is 4.39 Å². The highest BCUT2D eigenvalue weighted by Crippen LogP contribution is 2.20. The number of ether oxygens (including phenoxy) is 2. The van der Waals surface area contributed by atoms with Crippen molar-refractivity contribution in [3.63, 3.8) is 0 Å². The average molecular weight is 414 g/mol. The molecular formula is C23H27FN2O4. The van der Waals surface area contributed by atoms with E-state index in [1.54, 1.807) is 41.3 Å². The number of nitrogens with one attached hydrogen (secondary N) is 1. The van der Waals surface area contributed by atoms with Crippen LogP contribution in [0.4, 0.5) is 4.39 Å². The molecule has 2 amide bonds. The lowest BCUT2D eigenvalue weighted by Gasteiger charge is -2.32. The van der Waals surface area contributed by atoms with E-state index < -0.39 is 0 Å². The van der Waals surface area contributed by atoms with Gasteiger partial charge in [-0.3, -0.25) is 9.59 Å². The molecule has 0 bridgehead atoms. The summed E-state index contributed by atoms with van der Waals surface area (Å²) in [5, 5.41) is 2.91. The zero-order chi connectivity index (χ0) is 21.5. The molecule has 7 heteroatoms. The normalized spacial score (nSPS) is 15.5. The number of hydrogen-bond acceptors (Lipinski definition) is 4. The molecule has 0 spiro atoms. The fraction of sp³-hybridized carbons (Fsp3) is 0.391. The maximum atomic E-state index is 13.0. The molecule has 0 aromatic heterocycles. The molecule has 1 atom stereocenters. The van der Waals surface area contributed by atoms with E-state index in [2.05, 4.69) is 5.32 Å². The molecule has 30 heavy (non-hydrogen) atoms. The number of likely N-dealkylation sites (tertiary alicyclic amines) is 1. The Labute approximate surface area is 176 Å². The summed E-state index contributed by atoms with van der Waals surface area (Å²) < 4.78 is 23.9. The Bertz CT molecular complexity index is 847. The molecule has 6 nitrogen and oxygen atoms in total. The van der Waals surface area contributed by atoms with Crippen LogP contribution in [0.1, 0.15) is 41.7 Å². The summed E-state index contributed by atoms with van der Waals surface area (Å²) in [6.07, 6.45) is 1.55. The topological polar surface area (TPSA) is 67.9 Å². The van der Waals surface area contributed by atoms with E-state index >= 15 is 0 Å². The Kier molecular flexibility index (Phi) is 7.41. The number of carbonyl (C=O) groups excluding carboxylic acids is 2. The van der Waals surface area contributed by atoms with Gasteiger partial charge in [0.25, 0.3) is 5.91 Å². The van der Waals surface area contributed by atoms with Gasteiger partial charge in [0.1, 0.15) is 24.3 Å². The Morgan fingerprint density at radius 2 is 1.73 bits per heavy atom. The number of methoxy groups -OCH3 is 1. The third-order valence-electron chi connectivity index (χ3n) is 5.20.